The number of rotatable bonds is 10. The molecule has 174 valence electrons. The van der Waals surface area contributed by atoms with E-state index in [-0.39, 0.29) is 25.2 Å². The number of carbonyl (C=O) groups excluding carboxylic acids is 1. The number of nitrogens with zero attached hydrogens (tertiary/aromatic N) is 3. The van der Waals surface area contributed by atoms with Crippen LogP contribution in [0.5, 0.6) is 0 Å². The molecule has 1 atom stereocenters. The fourth-order valence-electron chi connectivity index (χ4n) is 3.54. The smallest absolute Gasteiger partial charge is 0.251 e. The third-order valence-corrected chi connectivity index (χ3v) is 5.41. The van der Waals surface area contributed by atoms with Crippen LogP contribution in [0.25, 0.3) is 0 Å². The maximum atomic E-state index is 12.2. The Hall–Kier alpha value is -3.56. The van der Waals surface area contributed by atoms with Gasteiger partial charge in [-0.2, -0.15) is 4.91 Å². The van der Waals surface area contributed by atoms with E-state index in [2.05, 4.69) is 51.5 Å². The second kappa shape index (κ2) is 11.9. The van der Waals surface area contributed by atoms with Gasteiger partial charge in [-0.25, -0.2) is 4.99 Å². The predicted molar refractivity (Wildman–Crippen MR) is 132 cm³/mol. The Morgan fingerprint density at radius 2 is 2.06 bits per heavy atom. The van der Waals surface area contributed by atoms with Crippen molar-refractivity contribution in [1.29, 1.82) is 0 Å². The highest BCUT2D eigenvalue weighted by molar-refractivity contribution is 6.04. The number of aliphatic imine (C=N–C) groups is 1. The number of nitroso groups, excluding NO2 is 1. The number of benzene rings is 1. The van der Waals surface area contributed by atoms with Crippen molar-refractivity contribution < 1.29 is 4.79 Å². The van der Waals surface area contributed by atoms with Crippen molar-refractivity contribution in [3.63, 3.8) is 0 Å². The second-order valence-electron chi connectivity index (χ2n) is 7.78. The summed E-state index contributed by atoms with van der Waals surface area (Å²) in [4.78, 5) is 29.2. The molecule has 1 aliphatic heterocycles. The molecule has 0 radical (unpaired) electrons. The molecular weight excluding hydrogens is 418 g/mol. The van der Waals surface area contributed by atoms with E-state index in [4.69, 9.17) is 10.7 Å². The lowest BCUT2D eigenvalue weighted by Crippen LogP contribution is -2.47. The molecule has 2 aliphatic rings. The molecule has 9 nitrogen and oxygen atoms in total. The Bertz CT molecular complexity index is 1010. The molecule has 0 spiro atoms. The summed E-state index contributed by atoms with van der Waals surface area (Å²) in [6.45, 7) is 1.49. The maximum Gasteiger partial charge on any atom is 0.251 e. The SMILES string of the molecule is CNC(NCC1=CC=CCC=C1)C1=C(N)N(C)CC(c2ccc(C(=O)NCCN=O)cc2)=N1. The number of hydrogen-bond acceptors (Lipinski definition) is 8. The van der Waals surface area contributed by atoms with E-state index in [0.717, 1.165) is 23.4 Å². The maximum absolute atomic E-state index is 12.2. The largest absolute Gasteiger partial charge is 0.384 e. The van der Waals surface area contributed by atoms with Crippen LogP contribution in [0.3, 0.4) is 0 Å². The highest BCUT2D eigenvalue weighted by atomic mass is 16.3. The molecule has 1 unspecified atom stereocenters. The van der Waals surface area contributed by atoms with Gasteiger partial charge in [0, 0.05) is 25.7 Å². The van der Waals surface area contributed by atoms with Crippen LogP contribution in [-0.2, 0) is 0 Å². The number of amides is 1. The molecule has 1 heterocycles. The second-order valence-corrected chi connectivity index (χ2v) is 7.78. The van der Waals surface area contributed by atoms with E-state index < -0.39 is 0 Å². The lowest BCUT2D eigenvalue weighted by Gasteiger charge is -2.31. The standard InChI is InChI=1S/C24H31N7O2/c1-26-23(28-15-17-7-5-3-4-6-8-17)21-22(25)31(2)16-20(30-21)18-9-11-19(12-10-18)24(32)27-13-14-29-33/h3,5-12,23,26,28H,4,13-16,25H2,1-2H3,(H,27,32). The Morgan fingerprint density at radius 1 is 1.27 bits per heavy atom. The van der Waals surface area contributed by atoms with Crippen molar-refractivity contribution in [3.8, 4) is 0 Å². The van der Waals surface area contributed by atoms with Gasteiger partial charge >= 0.3 is 0 Å². The summed E-state index contributed by atoms with van der Waals surface area (Å²) < 4.78 is 0. The molecule has 1 aromatic carbocycles. The number of likely N-dealkylation sites (N-methyl/N-ethyl adjacent to an activating group) is 2. The lowest BCUT2D eigenvalue weighted by atomic mass is 10.0. The van der Waals surface area contributed by atoms with Crippen molar-refractivity contribution in [2.45, 2.75) is 12.6 Å². The Labute approximate surface area is 194 Å². The first kappa shape index (κ1) is 24.1. The summed E-state index contributed by atoms with van der Waals surface area (Å²) in [5.74, 6) is 0.365. The van der Waals surface area contributed by atoms with Gasteiger partial charge in [-0.05, 0) is 36.7 Å². The molecule has 3 rings (SSSR count). The van der Waals surface area contributed by atoms with Crippen LogP contribution in [0.1, 0.15) is 22.3 Å². The van der Waals surface area contributed by atoms with Crippen molar-refractivity contribution in [1.82, 2.24) is 20.9 Å². The minimum atomic E-state index is -0.242. The van der Waals surface area contributed by atoms with E-state index in [1.54, 1.807) is 12.1 Å². The third kappa shape index (κ3) is 6.47. The van der Waals surface area contributed by atoms with Crippen LogP contribution in [-0.4, -0.2) is 63.0 Å². The molecular formula is C24H31N7O2. The van der Waals surface area contributed by atoms with Crippen LogP contribution in [0, 0.1) is 4.91 Å². The van der Waals surface area contributed by atoms with Crippen molar-refractivity contribution in [3.05, 3.63) is 87.8 Å². The molecule has 0 saturated heterocycles. The summed E-state index contributed by atoms with van der Waals surface area (Å²) in [5, 5.41) is 12.2. The number of allylic oxidation sites excluding steroid dienone is 4. The molecule has 1 amide bonds. The van der Waals surface area contributed by atoms with E-state index in [1.807, 2.05) is 31.1 Å². The first-order valence-corrected chi connectivity index (χ1v) is 10.9. The van der Waals surface area contributed by atoms with Gasteiger partial charge in [0.05, 0.1) is 18.8 Å². The Kier molecular flexibility index (Phi) is 8.68. The molecule has 9 heteroatoms. The van der Waals surface area contributed by atoms with Crippen LogP contribution >= 0.6 is 0 Å². The van der Waals surface area contributed by atoms with Crippen molar-refractivity contribution >= 4 is 11.6 Å². The van der Waals surface area contributed by atoms with Gasteiger partial charge in [0.2, 0.25) is 0 Å². The molecule has 5 N–H and O–H groups in total. The monoisotopic (exact) mass is 449 g/mol. The van der Waals surface area contributed by atoms with E-state index in [9.17, 15) is 9.70 Å². The summed E-state index contributed by atoms with van der Waals surface area (Å²) in [6, 6.07) is 7.23. The number of hydrogen-bond donors (Lipinski definition) is 4. The van der Waals surface area contributed by atoms with Gasteiger partial charge in [-0.15, -0.1) is 0 Å². The zero-order valence-corrected chi connectivity index (χ0v) is 19.0. The fourth-order valence-corrected chi connectivity index (χ4v) is 3.54. The van der Waals surface area contributed by atoms with E-state index >= 15 is 0 Å². The van der Waals surface area contributed by atoms with Gasteiger partial charge < -0.3 is 16.0 Å². The van der Waals surface area contributed by atoms with Gasteiger partial charge in [-0.3, -0.25) is 15.4 Å². The van der Waals surface area contributed by atoms with Gasteiger partial charge in [0.1, 0.15) is 17.7 Å². The molecule has 0 bridgehead atoms. The summed E-state index contributed by atoms with van der Waals surface area (Å²) in [6.07, 6.45) is 11.2. The minimum absolute atomic E-state index is 0.0500. The van der Waals surface area contributed by atoms with Gasteiger partial charge in [-0.1, -0.05) is 47.7 Å². The molecule has 1 aliphatic carbocycles. The summed E-state index contributed by atoms with van der Waals surface area (Å²) in [7, 11) is 3.80. The average Bonchev–Trinajstić information content (AvgIpc) is 3.11. The zero-order valence-electron chi connectivity index (χ0n) is 19.0. The highest BCUT2D eigenvalue weighted by Gasteiger charge is 2.24. The third-order valence-electron chi connectivity index (χ3n) is 5.41. The molecule has 0 fully saturated rings. The first-order chi connectivity index (χ1) is 16.0. The van der Waals surface area contributed by atoms with E-state index in [1.165, 1.54) is 5.57 Å². The number of nitrogens with two attached hydrogens (primary N) is 1. The fraction of sp³-hybridized carbons (Fsp3) is 0.333. The zero-order chi connectivity index (χ0) is 23.6. The summed E-state index contributed by atoms with van der Waals surface area (Å²) in [5.41, 5.74) is 10.6. The van der Waals surface area contributed by atoms with E-state index in [0.29, 0.717) is 24.5 Å². The molecule has 0 saturated carbocycles. The Balaban J connectivity index is 1.75. The van der Waals surface area contributed by atoms with Crippen molar-refractivity contribution in [2.24, 2.45) is 15.9 Å². The first-order valence-electron chi connectivity index (χ1n) is 10.9. The topological polar surface area (TPSA) is 124 Å². The lowest BCUT2D eigenvalue weighted by molar-refractivity contribution is 0.0955. The summed E-state index contributed by atoms with van der Waals surface area (Å²) >= 11 is 0. The van der Waals surface area contributed by atoms with Gasteiger partial charge in [0.15, 0.2) is 0 Å². The van der Waals surface area contributed by atoms with Crippen LogP contribution in [0.15, 0.2) is 81.9 Å². The van der Waals surface area contributed by atoms with Crippen LogP contribution < -0.4 is 21.7 Å². The molecule has 0 aromatic heterocycles. The highest BCUT2D eigenvalue weighted by Crippen LogP contribution is 2.19. The van der Waals surface area contributed by atoms with Crippen LogP contribution in [0.4, 0.5) is 0 Å². The number of carbonyl (C=O) groups is 1. The van der Waals surface area contributed by atoms with Gasteiger partial charge in [0.25, 0.3) is 5.91 Å². The van der Waals surface area contributed by atoms with Crippen LogP contribution in [0.2, 0.25) is 0 Å². The number of nitrogens with one attached hydrogen (secondary N) is 3. The Morgan fingerprint density at radius 3 is 2.79 bits per heavy atom. The molecule has 1 aromatic rings. The van der Waals surface area contributed by atoms with Crippen molar-refractivity contribution in [2.75, 3.05) is 40.3 Å². The predicted octanol–water partition coefficient (Wildman–Crippen LogP) is 1.62. The minimum Gasteiger partial charge on any atom is -0.384 e. The quantitative estimate of drug-likeness (QED) is 0.244. The average molecular weight is 450 g/mol. The molecule has 33 heavy (non-hydrogen) atoms. The normalized spacial score (nSPS) is 16.7.